The van der Waals surface area contributed by atoms with Crippen molar-refractivity contribution in [2.75, 3.05) is 19.7 Å². The minimum Gasteiger partial charge on any atom is -0.452 e. The van der Waals surface area contributed by atoms with E-state index in [4.69, 9.17) is 4.74 Å². The lowest BCUT2D eigenvalue weighted by Gasteiger charge is -2.19. The zero-order valence-corrected chi connectivity index (χ0v) is 12.5. The van der Waals surface area contributed by atoms with Crippen molar-refractivity contribution in [3.63, 3.8) is 0 Å². The Kier molecular flexibility index (Phi) is 4.42. The monoisotopic (exact) mass is 300 g/mol. The van der Waals surface area contributed by atoms with Gasteiger partial charge in [0.1, 0.15) is 0 Å². The van der Waals surface area contributed by atoms with Crippen LogP contribution in [0.5, 0.6) is 0 Å². The van der Waals surface area contributed by atoms with Gasteiger partial charge < -0.3 is 14.6 Å². The van der Waals surface area contributed by atoms with Crippen LogP contribution in [0.25, 0.3) is 10.9 Å². The highest BCUT2D eigenvalue weighted by Crippen LogP contribution is 2.18. The molecule has 2 heterocycles. The molecule has 1 aliphatic rings. The number of hydrogen-bond acceptors (Lipinski definition) is 3. The third kappa shape index (κ3) is 3.13. The van der Waals surface area contributed by atoms with Gasteiger partial charge in [-0.05, 0) is 18.9 Å². The molecule has 5 nitrogen and oxygen atoms in total. The molecule has 1 saturated heterocycles. The lowest BCUT2D eigenvalue weighted by Crippen LogP contribution is -2.35. The zero-order chi connectivity index (χ0) is 15.4. The van der Waals surface area contributed by atoms with Crippen LogP contribution in [-0.2, 0) is 9.53 Å². The summed E-state index contributed by atoms with van der Waals surface area (Å²) >= 11 is 0. The third-order valence-corrected chi connectivity index (χ3v) is 4.09. The number of fused-ring (bicyclic) bond motifs is 1. The average Bonchev–Trinajstić information content (AvgIpc) is 2.78. The van der Waals surface area contributed by atoms with Gasteiger partial charge in [-0.25, -0.2) is 4.79 Å². The number of carbonyl (C=O) groups is 2. The Morgan fingerprint density at radius 3 is 2.59 bits per heavy atom. The van der Waals surface area contributed by atoms with Gasteiger partial charge in [0.2, 0.25) is 0 Å². The molecule has 2 aromatic rings. The third-order valence-electron chi connectivity index (χ3n) is 4.09. The molecular formula is C17H20N2O3. The number of H-pyrrole nitrogens is 1. The summed E-state index contributed by atoms with van der Waals surface area (Å²) in [6.45, 7) is 1.35. The van der Waals surface area contributed by atoms with E-state index in [1.807, 2.05) is 24.3 Å². The van der Waals surface area contributed by atoms with Gasteiger partial charge in [0.25, 0.3) is 5.91 Å². The van der Waals surface area contributed by atoms with Crippen molar-refractivity contribution >= 4 is 22.8 Å². The lowest BCUT2D eigenvalue weighted by molar-refractivity contribution is -0.134. The second-order valence-corrected chi connectivity index (χ2v) is 5.62. The number of benzene rings is 1. The highest BCUT2D eigenvalue weighted by atomic mass is 16.5. The van der Waals surface area contributed by atoms with E-state index in [1.54, 1.807) is 11.1 Å². The number of hydrogen-bond donors (Lipinski definition) is 1. The minimum absolute atomic E-state index is 0.102. The largest absolute Gasteiger partial charge is 0.452 e. The number of amides is 1. The van der Waals surface area contributed by atoms with Crippen LogP contribution < -0.4 is 0 Å². The highest BCUT2D eigenvalue weighted by Gasteiger charge is 2.19. The van der Waals surface area contributed by atoms with Gasteiger partial charge in [-0.15, -0.1) is 0 Å². The van der Waals surface area contributed by atoms with Crippen LogP contribution in [0.2, 0.25) is 0 Å². The van der Waals surface area contributed by atoms with E-state index in [0.717, 1.165) is 36.8 Å². The molecule has 5 heteroatoms. The van der Waals surface area contributed by atoms with Gasteiger partial charge in [0.15, 0.2) is 6.61 Å². The summed E-state index contributed by atoms with van der Waals surface area (Å²) in [4.78, 5) is 29.1. The van der Waals surface area contributed by atoms with Crippen molar-refractivity contribution in [3.05, 3.63) is 36.0 Å². The Balaban J connectivity index is 1.61. The van der Waals surface area contributed by atoms with Crippen LogP contribution in [0.3, 0.4) is 0 Å². The molecule has 0 unspecified atom stereocenters. The van der Waals surface area contributed by atoms with Crippen molar-refractivity contribution in [1.29, 1.82) is 0 Å². The SMILES string of the molecule is O=C(OCC(=O)N1CCCCCC1)c1c[nH]c2ccccc12. The average molecular weight is 300 g/mol. The van der Waals surface area contributed by atoms with E-state index in [2.05, 4.69) is 4.98 Å². The van der Waals surface area contributed by atoms with Gasteiger partial charge in [-0.3, -0.25) is 4.79 Å². The fourth-order valence-electron chi connectivity index (χ4n) is 2.86. The Bertz CT molecular complexity index is 669. The minimum atomic E-state index is -0.458. The molecule has 116 valence electrons. The van der Waals surface area contributed by atoms with Gasteiger partial charge in [-0.2, -0.15) is 0 Å². The fourth-order valence-corrected chi connectivity index (χ4v) is 2.86. The van der Waals surface area contributed by atoms with Crippen molar-refractivity contribution in [2.24, 2.45) is 0 Å². The molecule has 1 aromatic heterocycles. The number of aromatic amines is 1. The first kappa shape index (κ1) is 14.6. The number of aromatic nitrogens is 1. The first-order chi connectivity index (χ1) is 10.8. The number of para-hydroxylation sites is 1. The highest BCUT2D eigenvalue weighted by molar-refractivity contribution is 6.04. The smallest absolute Gasteiger partial charge is 0.340 e. The first-order valence-electron chi connectivity index (χ1n) is 7.77. The Morgan fingerprint density at radius 2 is 1.82 bits per heavy atom. The molecular weight excluding hydrogens is 280 g/mol. The molecule has 0 radical (unpaired) electrons. The summed E-state index contributed by atoms with van der Waals surface area (Å²) in [7, 11) is 0. The normalized spacial score (nSPS) is 15.5. The number of rotatable bonds is 3. The summed E-state index contributed by atoms with van der Waals surface area (Å²) in [6, 6.07) is 7.53. The number of likely N-dealkylation sites (tertiary alicyclic amines) is 1. The second kappa shape index (κ2) is 6.64. The van der Waals surface area contributed by atoms with E-state index in [-0.39, 0.29) is 12.5 Å². The maximum atomic E-state index is 12.2. The van der Waals surface area contributed by atoms with Crippen molar-refractivity contribution < 1.29 is 14.3 Å². The summed E-state index contributed by atoms with van der Waals surface area (Å²) in [5.41, 5.74) is 1.35. The molecule has 1 fully saturated rings. The Morgan fingerprint density at radius 1 is 1.09 bits per heavy atom. The summed E-state index contributed by atoms with van der Waals surface area (Å²) in [6.07, 6.45) is 6.02. The van der Waals surface area contributed by atoms with Gasteiger partial charge in [0, 0.05) is 30.2 Å². The maximum Gasteiger partial charge on any atom is 0.340 e. The molecule has 0 aliphatic carbocycles. The topological polar surface area (TPSA) is 62.4 Å². The van der Waals surface area contributed by atoms with Crippen molar-refractivity contribution in [1.82, 2.24) is 9.88 Å². The maximum absolute atomic E-state index is 12.2. The zero-order valence-electron chi connectivity index (χ0n) is 12.5. The molecule has 1 N–H and O–H groups in total. The number of nitrogens with zero attached hydrogens (tertiary/aromatic N) is 1. The molecule has 1 aliphatic heterocycles. The van der Waals surface area contributed by atoms with Crippen LogP contribution in [-0.4, -0.2) is 41.5 Å². The second-order valence-electron chi connectivity index (χ2n) is 5.62. The van der Waals surface area contributed by atoms with Crippen molar-refractivity contribution in [3.8, 4) is 0 Å². The predicted molar refractivity (Wildman–Crippen MR) is 83.6 cm³/mol. The molecule has 0 bridgehead atoms. The summed E-state index contributed by atoms with van der Waals surface area (Å²) in [5, 5.41) is 0.815. The van der Waals surface area contributed by atoms with E-state index in [1.165, 1.54) is 12.8 Å². The van der Waals surface area contributed by atoms with Crippen LogP contribution in [0, 0.1) is 0 Å². The molecule has 22 heavy (non-hydrogen) atoms. The number of ether oxygens (including phenoxy) is 1. The van der Waals surface area contributed by atoms with Gasteiger partial charge >= 0.3 is 5.97 Å². The van der Waals surface area contributed by atoms with Crippen LogP contribution in [0.15, 0.2) is 30.5 Å². The van der Waals surface area contributed by atoms with Crippen molar-refractivity contribution in [2.45, 2.75) is 25.7 Å². The van der Waals surface area contributed by atoms with Crippen LogP contribution >= 0.6 is 0 Å². The number of esters is 1. The molecule has 0 atom stereocenters. The Labute approximate surface area is 129 Å². The number of carbonyl (C=O) groups excluding carboxylic acids is 2. The van der Waals surface area contributed by atoms with E-state index < -0.39 is 5.97 Å². The van der Waals surface area contributed by atoms with E-state index >= 15 is 0 Å². The molecule has 0 saturated carbocycles. The van der Waals surface area contributed by atoms with E-state index in [0.29, 0.717) is 5.56 Å². The first-order valence-corrected chi connectivity index (χ1v) is 7.77. The summed E-state index contributed by atoms with van der Waals surface area (Å²) in [5.74, 6) is -0.560. The molecule has 0 spiro atoms. The van der Waals surface area contributed by atoms with Gasteiger partial charge in [-0.1, -0.05) is 31.0 Å². The van der Waals surface area contributed by atoms with E-state index in [9.17, 15) is 9.59 Å². The lowest BCUT2D eigenvalue weighted by atomic mass is 10.2. The summed E-state index contributed by atoms with van der Waals surface area (Å²) < 4.78 is 5.20. The van der Waals surface area contributed by atoms with Crippen LogP contribution in [0.1, 0.15) is 36.0 Å². The predicted octanol–water partition coefficient (Wildman–Crippen LogP) is 2.73. The molecule has 1 aromatic carbocycles. The fraction of sp³-hybridized carbons (Fsp3) is 0.412. The van der Waals surface area contributed by atoms with Crippen LogP contribution in [0.4, 0.5) is 0 Å². The number of nitrogens with one attached hydrogen (secondary N) is 1. The molecule has 1 amide bonds. The molecule has 3 rings (SSSR count). The van der Waals surface area contributed by atoms with Gasteiger partial charge in [0.05, 0.1) is 5.56 Å². The Hall–Kier alpha value is -2.30. The quantitative estimate of drug-likeness (QED) is 0.887. The standard InChI is InChI=1S/C17H20N2O3/c20-16(19-9-5-1-2-6-10-19)12-22-17(21)14-11-18-15-8-4-3-7-13(14)15/h3-4,7-8,11,18H,1-2,5-6,9-10,12H2.